The number of allylic oxidation sites excluding steroid dienone is 6. The molecule has 0 aliphatic carbocycles. The molecule has 0 radical (unpaired) electrons. The van der Waals surface area contributed by atoms with Gasteiger partial charge in [-0.15, -0.1) is 0 Å². The van der Waals surface area contributed by atoms with Crippen molar-refractivity contribution in [1.82, 2.24) is 20.9 Å². The average molecular weight is 1040 g/mol. The van der Waals surface area contributed by atoms with Crippen molar-refractivity contribution in [3.05, 3.63) is 113 Å². The van der Waals surface area contributed by atoms with Crippen LogP contribution < -0.4 is 25.6 Å². The van der Waals surface area contributed by atoms with Crippen LogP contribution in [0.15, 0.2) is 100 Å². The van der Waals surface area contributed by atoms with Crippen LogP contribution in [0, 0.1) is 0 Å². The lowest BCUT2D eigenvalue weighted by molar-refractivity contribution is -0.401. The zero-order chi connectivity index (χ0) is 53.0. The number of rotatable bonds is 21. The van der Waals surface area contributed by atoms with Crippen LogP contribution in [0.3, 0.4) is 0 Å². The SMILES string of the molecule is C[N+]1=C(C=CC=CC=C2N(CCCCCC(=O)NCCOCCNC(=O)COc3cccc4c3C(=O)N(C3CCC(=O)NC3=O)C4=O)c3ccc(S(=O)(=O)[O-])cc3C2(C)C)C(C)(C)c2cc(S(=O)(=O)O)ccc21. The molecule has 4 aliphatic rings. The lowest BCUT2D eigenvalue weighted by Gasteiger charge is -2.27. The van der Waals surface area contributed by atoms with Gasteiger partial charge in [-0.2, -0.15) is 13.0 Å². The average Bonchev–Trinajstić information content (AvgIpc) is 3.79. The number of benzene rings is 3. The van der Waals surface area contributed by atoms with Crippen molar-refractivity contribution in [2.24, 2.45) is 0 Å². The molecule has 0 spiro atoms. The van der Waals surface area contributed by atoms with E-state index in [-0.39, 0.29) is 78.1 Å². The molecular weight excluding hydrogens is 985 g/mol. The van der Waals surface area contributed by atoms with Gasteiger partial charge in [0.1, 0.15) is 29.0 Å². The fourth-order valence-corrected chi connectivity index (χ4v) is 10.6. The Labute approximate surface area is 423 Å². The van der Waals surface area contributed by atoms with E-state index >= 15 is 0 Å². The van der Waals surface area contributed by atoms with Crippen LogP contribution >= 0.6 is 0 Å². The second-order valence-corrected chi connectivity index (χ2v) is 21.8. The fourth-order valence-electron chi connectivity index (χ4n) is 9.63. The Morgan fingerprint density at radius 3 is 2.26 bits per heavy atom. The lowest BCUT2D eigenvalue weighted by atomic mass is 9.81. The van der Waals surface area contributed by atoms with Crippen molar-refractivity contribution < 1.29 is 68.8 Å². The zero-order valence-electron chi connectivity index (χ0n) is 41.1. The maximum atomic E-state index is 13.3. The monoisotopic (exact) mass is 1040 g/mol. The van der Waals surface area contributed by atoms with Crippen LogP contribution in [-0.2, 0) is 55.0 Å². The van der Waals surface area contributed by atoms with E-state index in [4.69, 9.17) is 9.47 Å². The number of unbranched alkanes of at least 4 members (excludes halogenated alkanes) is 2. The molecule has 73 heavy (non-hydrogen) atoms. The molecule has 3 aromatic carbocycles. The molecule has 20 nitrogen and oxygen atoms in total. The molecule has 7 rings (SSSR count). The first kappa shape index (κ1) is 53.9. The van der Waals surface area contributed by atoms with E-state index in [1.807, 2.05) is 69.7 Å². The summed E-state index contributed by atoms with van der Waals surface area (Å²) in [6.45, 7) is 8.65. The van der Waals surface area contributed by atoms with Gasteiger partial charge in [-0.25, -0.2) is 8.42 Å². The van der Waals surface area contributed by atoms with E-state index in [9.17, 15) is 54.7 Å². The summed E-state index contributed by atoms with van der Waals surface area (Å²) in [5.41, 5.74) is 3.53. The van der Waals surface area contributed by atoms with Crippen molar-refractivity contribution >= 4 is 72.8 Å². The van der Waals surface area contributed by atoms with Gasteiger partial charge in [-0.1, -0.05) is 44.6 Å². The Hall–Kier alpha value is -6.85. The molecule has 3 aromatic rings. The molecule has 4 heterocycles. The quantitative estimate of drug-likeness (QED) is 0.0387. The van der Waals surface area contributed by atoms with Gasteiger partial charge in [-0.05, 0) is 87.2 Å². The third-order valence-electron chi connectivity index (χ3n) is 13.4. The van der Waals surface area contributed by atoms with Crippen molar-refractivity contribution in [1.29, 1.82) is 0 Å². The van der Waals surface area contributed by atoms with Crippen LogP contribution in [-0.4, -0.2) is 129 Å². The highest BCUT2D eigenvalue weighted by Crippen LogP contribution is 2.49. The Kier molecular flexibility index (Phi) is 16.0. The summed E-state index contributed by atoms with van der Waals surface area (Å²) in [6, 6.07) is 12.1. The number of amides is 6. The second-order valence-electron chi connectivity index (χ2n) is 19.0. The van der Waals surface area contributed by atoms with Gasteiger partial charge >= 0.3 is 0 Å². The molecular formula is C51H58N6O14S2. The largest absolute Gasteiger partial charge is 0.744 e. The maximum absolute atomic E-state index is 13.3. The third kappa shape index (κ3) is 11.7. The number of carbonyl (C=O) groups excluding carboxylic acids is 6. The molecule has 4 N–H and O–H groups in total. The molecule has 22 heteroatoms. The zero-order valence-corrected chi connectivity index (χ0v) is 42.7. The summed E-state index contributed by atoms with van der Waals surface area (Å²) in [5.74, 6) is -3.35. The number of piperidine rings is 1. The van der Waals surface area contributed by atoms with Crippen LogP contribution in [0.5, 0.6) is 5.75 Å². The molecule has 388 valence electrons. The van der Waals surface area contributed by atoms with Crippen LogP contribution in [0.1, 0.15) is 98.1 Å². The molecule has 4 aliphatic heterocycles. The number of fused-ring (bicyclic) bond motifs is 3. The Balaban J connectivity index is 0.837. The van der Waals surface area contributed by atoms with E-state index in [0.29, 0.717) is 31.4 Å². The van der Waals surface area contributed by atoms with E-state index in [0.717, 1.165) is 33.2 Å². The van der Waals surface area contributed by atoms with E-state index in [1.54, 1.807) is 12.1 Å². The molecule has 6 amide bonds. The van der Waals surface area contributed by atoms with Crippen molar-refractivity contribution in [3.8, 4) is 5.75 Å². The lowest BCUT2D eigenvalue weighted by Crippen LogP contribution is -2.54. The number of ether oxygens (including phenoxy) is 2. The van der Waals surface area contributed by atoms with Gasteiger partial charge in [0, 0.05) is 67.0 Å². The van der Waals surface area contributed by atoms with E-state index in [1.165, 1.54) is 42.5 Å². The minimum Gasteiger partial charge on any atom is -0.744 e. The molecule has 0 aromatic heterocycles. The normalized spacial score (nSPS) is 18.7. The number of anilines is 1. The number of hydrogen-bond donors (Lipinski definition) is 4. The van der Waals surface area contributed by atoms with Gasteiger partial charge in [-0.3, -0.25) is 43.5 Å². The Bertz CT molecular complexity index is 3120. The summed E-state index contributed by atoms with van der Waals surface area (Å²) >= 11 is 0. The van der Waals surface area contributed by atoms with Gasteiger partial charge < -0.3 is 29.6 Å². The number of hydrogen-bond acceptors (Lipinski definition) is 14. The van der Waals surface area contributed by atoms with E-state index < -0.39 is 73.3 Å². The predicted molar refractivity (Wildman–Crippen MR) is 265 cm³/mol. The highest BCUT2D eigenvalue weighted by Gasteiger charge is 2.47. The Morgan fingerprint density at radius 1 is 0.863 bits per heavy atom. The number of nitrogens with zero attached hydrogens (tertiary/aromatic N) is 3. The molecule has 0 bridgehead atoms. The maximum Gasteiger partial charge on any atom is 0.294 e. The Morgan fingerprint density at radius 2 is 1.56 bits per heavy atom. The first-order chi connectivity index (χ1) is 34.4. The summed E-state index contributed by atoms with van der Waals surface area (Å²) in [7, 11) is -7.20. The topological polar surface area (TPSA) is 278 Å². The highest BCUT2D eigenvalue weighted by molar-refractivity contribution is 7.86. The first-order valence-electron chi connectivity index (χ1n) is 23.7. The summed E-state index contributed by atoms with van der Waals surface area (Å²) in [5, 5.41) is 7.60. The minimum absolute atomic E-state index is 0.00134. The molecule has 1 fully saturated rings. The smallest absolute Gasteiger partial charge is 0.294 e. The molecule has 1 unspecified atom stereocenters. The van der Waals surface area contributed by atoms with Gasteiger partial charge in [0.2, 0.25) is 23.4 Å². The first-order valence-corrected chi connectivity index (χ1v) is 26.5. The number of nitrogens with one attached hydrogen (secondary N) is 3. The van der Waals surface area contributed by atoms with Crippen LogP contribution in [0.2, 0.25) is 0 Å². The summed E-state index contributed by atoms with van der Waals surface area (Å²) < 4.78 is 82.5. The number of carbonyl (C=O) groups is 6. The standard InChI is InChI=1S/C51H58N6O14S2/c1-50(2)35-29-32(72(64,65)66)18-20-37(35)55(5)41(50)15-8-6-9-16-42-51(3,4)36-30-33(73(67,68)69)19-21-38(36)56(42)26-11-7-10-17-43(58)52-24-27-70-28-25-53-45(60)31-71-40-14-12-13-34-46(40)49(63)57(48(34)62)39-22-23-44(59)54-47(39)61/h6,8-9,12-16,18-21,29-30,39H,7,10-11,17,22-28,31H2,1-5H3,(H4-,52,53,54,58,59,60,61,64,65,66,67,68,69). The van der Waals surface area contributed by atoms with Crippen molar-refractivity contribution in [3.63, 3.8) is 0 Å². The van der Waals surface area contributed by atoms with Crippen molar-refractivity contribution in [2.75, 3.05) is 51.4 Å². The van der Waals surface area contributed by atoms with Crippen molar-refractivity contribution in [2.45, 2.75) is 92.9 Å². The fraction of sp³-hybridized carbons (Fsp3) is 0.392. The third-order valence-corrected chi connectivity index (χ3v) is 15.1. The number of imide groups is 2. The minimum atomic E-state index is -4.71. The van der Waals surface area contributed by atoms with Gasteiger partial charge in [0.25, 0.3) is 27.8 Å². The van der Waals surface area contributed by atoms with Crippen LogP contribution in [0.4, 0.5) is 11.4 Å². The van der Waals surface area contributed by atoms with Crippen LogP contribution in [0.25, 0.3) is 0 Å². The van der Waals surface area contributed by atoms with E-state index in [2.05, 4.69) is 20.9 Å². The summed E-state index contributed by atoms with van der Waals surface area (Å²) in [6.07, 6.45) is 11.7. The molecule has 1 saturated heterocycles. The second kappa shape index (κ2) is 21.7. The highest BCUT2D eigenvalue weighted by atomic mass is 32.2. The summed E-state index contributed by atoms with van der Waals surface area (Å²) in [4.78, 5) is 77.9. The van der Waals surface area contributed by atoms with Gasteiger partial charge in [0.15, 0.2) is 12.3 Å². The molecule has 1 atom stereocenters. The predicted octanol–water partition coefficient (Wildman–Crippen LogP) is 3.93. The van der Waals surface area contributed by atoms with Gasteiger partial charge in [0.05, 0.1) is 39.5 Å². The molecule has 0 saturated carbocycles.